The molecule has 1 aliphatic heterocycles. The van der Waals surface area contributed by atoms with Gasteiger partial charge < -0.3 is 14.2 Å². The average Bonchev–Trinajstić information content (AvgIpc) is 3.00. The summed E-state index contributed by atoms with van der Waals surface area (Å²) in [6.07, 6.45) is 2.11. The fourth-order valence-electron chi connectivity index (χ4n) is 4.64. The Labute approximate surface area is 187 Å². The predicted octanol–water partition coefficient (Wildman–Crippen LogP) is 6.24. The number of aliphatic imine (C=N–C) groups is 1. The minimum Gasteiger partial charge on any atom is -0.493 e. The van der Waals surface area contributed by atoms with E-state index in [1.165, 1.54) is 21.7 Å². The molecule has 2 atom stereocenters. The van der Waals surface area contributed by atoms with Crippen molar-refractivity contribution in [2.75, 3.05) is 21.3 Å². The number of benzene rings is 3. The van der Waals surface area contributed by atoms with Crippen molar-refractivity contribution in [2.24, 2.45) is 10.9 Å². The minimum absolute atomic E-state index is 0.185. The van der Waals surface area contributed by atoms with E-state index in [0.29, 0.717) is 17.2 Å². The van der Waals surface area contributed by atoms with Gasteiger partial charge in [-0.2, -0.15) is 0 Å². The summed E-state index contributed by atoms with van der Waals surface area (Å²) in [7, 11) is 4.97. The number of nitrogens with zero attached hydrogens (tertiary/aromatic N) is 1. The van der Waals surface area contributed by atoms with Crippen LogP contribution < -0.4 is 14.2 Å². The van der Waals surface area contributed by atoms with Gasteiger partial charge in [0.25, 0.3) is 0 Å². The first-order chi connectivity index (χ1) is 15.2. The Morgan fingerprint density at radius 1 is 0.871 bits per heavy atom. The van der Waals surface area contributed by atoms with Gasteiger partial charge in [-0.05, 0) is 53.8 Å². The number of hydrogen-bond donors (Lipinski definition) is 0. The summed E-state index contributed by atoms with van der Waals surface area (Å²) >= 11 is 1.88. The molecule has 0 aromatic heterocycles. The molecule has 0 bridgehead atoms. The van der Waals surface area contributed by atoms with Crippen molar-refractivity contribution in [2.45, 2.75) is 23.0 Å². The number of methoxy groups -OCH3 is 3. The molecule has 0 spiro atoms. The Morgan fingerprint density at radius 2 is 1.58 bits per heavy atom. The van der Waals surface area contributed by atoms with Crippen LogP contribution in [-0.2, 0) is 6.42 Å². The number of thioether (sulfide) groups is 1. The van der Waals surface area contributed by atoms with Crippen LogP contribution in [0.4, 0.5) is 5.69 Å². The molecule has 3 aromatic rings. The fraction of sp³-hybridized carbons (Fsp3) is 0.269. The quantitative estimate of drug-likeness (QED) is 0.490. The number of fused-ring (bicyclic) bond motifs is 4. The molecule has 0 unspecified atom stereocenters. The third-order valence-corrected chi connectivity index (χ3v) is 7.56. The predicted molar refractivity (Wildman–Crippen MR) is 126 cm³/mol. The van der Waals surface area contributed by atoms with Crippen molar-refractivity contribution < 1.29 is 14.2 Å². The lowest BCUT2D eigenvalue weighted by atomic mass is 9.78. The van der Waals surface area contributed by atoms with E-state index >= 15 is 0 Å². The number of hydrogen-bond acceptors (Lipinski definition) is 5. The Hall–Kier alpha value is -2.92. The van der Waals surface area contributed by atoms with E-state index in [-0.39, 0.29) is 11.2 Å². The molecule has 1 heterocycles. The van der Waals surface area contributed by atoms with Gasteiger partial charge in [0.2, 0.25) is 5.75 Å². The van der Waals surface area contributed by atoms with Gasteiger partial charge in [0.05, 0.1) is 32.7 Å². The number of para-hydroxylation sites is 1. The molecular weight excluding hydrogens is 406 g/mol. The summed E-state index contributed by atoms with van der Waals surface area (Å²) in [6, 6.07) is 21.3. The zero-order chi connectivity index (χ0) is 21.4. The zero-order valence-corrected chi connectivity index (χ0v) is 18.7. The highest BCUT2D eigenvalue weighted by Crippen LogP contribution is 2.53. The van der Waals surface area contributed by atoms with Crippen molar-refractivity contribution >= 4 is 23.2 Å². The molecule has 0 saturated carbocycles. The topological polar surface area (TPSA) is 40.0 Å². The molecule has 3 aromatic carbocycles. The molecule has 5 heteroatoms. The molecular formula is C26H25NO3S. The van der Waals surface area contributed by atoms with E-state index in [1.54, 1.807) is 21.3 Å². The Balaban J connectivity index is 1.70. The van der Waals surface area contributed by atoms with Crippen molar-refractivity contribution in [3.8, 4) is 17.2 Å². The van der Waals surface area contributed by atoms with Crippen LogP contribution >= 0.6 is 11.8 Å². The molecule has 158 valence electrons. The molecule has 0 amide bonds. The second-order valence-electron chi connectivity index (χ2n) is 7.76. The normalized spacial score (nSPS) is 19.3. The lowest BCUT2D eigenvalue weighted by Crippen LogP contribution is -2.27. The van der Waals surface area contributed by atoms with Crippen LogP contribution in [0.5, 0.6) is 17.2 Å². The maximum absolute atomic E-state index is 5.66. The van der Waals surface area contributed by atoms with Gasteiger partial charge in [0, 0.05) is 16.1 Å². The Morgan fingerprint density at radius 3 is 2.32 bits per heavy atom. The Bertz CT molecular complexity index is 1130. The van der Waals surface area contributed by atoms with Crippen LogP contribution in [0.1, 0.15) is 28.4 Å². The summed E-state index contributed by atoms with van der Waals surface area (Å²) in [5.41, 5.74) is 6.03. The van der Waals surface area contributed by atoms with Gasteiger partial charge >= 0.3 is 0 Å². The van der Waals surface area contributed by atoms with Crippen LogP contribution in [-0.4, -0.2) is 27.0 Å². The summed E-state index contributed by atoms with van der Waals surface area (Å²) in [5, 5.41) is 0.185. The summed E-state index contributed by atoms with van der Waals surface area (Å²) in [5.74, 6) is 2.28. The lowest BCUT2D eigenvalue weighted by Gasteiger charge is -2.32. The van der Waals surface area contributed by atoms with Gasteiger partial charge in [-0.15, -0.1) is 11.8 Å². The first-order valence-corrected chi connectivity index (χ1v) is 11.3. The molecule has 4 nitrogen and oxygen atoms in total. The number of aryl methyl sites for hydroxylation is 1. The summed E-state index contributed by atoms with van der Waals surface area (Å²) < 4.78 is 16.9. The average molecular weight is 432 g/mol. The zero-order valence-electron chi connectivity index (χ0n) is 17.9. The first kappa shape index (κ1) is 20.0. The summed E-state index contributed by atoms with van der Waals surface area (Å²) in [4.78, 5) is 6.40. The van der Waals surface area contributed by atoms with E-state index in [1.807, 2.05) is 11.8 Å². The minimum atomic E-state index is 0.185. The van der Waals surface area contributed by atoms with E-state index in [9.17, 15) is 0 Å². The second-order valence-corrected chi connectivity index (χ2v) is 8.95. The SMILES string of the molecule is COc1cc([C@H]2Sc3ccccc3N=C3c4ccccc4CC[C@@H]32)cc(OC)c1OC. The van der Waals surface area contributed by atoms with Crippen molar-refractivity contribution in [1.82, 2.24) is 0 Å². The molecule has 2 aliphatic rings. The van der Waals surface area contributed by atoms with E-state index in [2.05, 4.69) is 60.7 Å². The molecule has 0 fully saturated rings. The van der Waals surface area contributed by atoms with Crippen LogP contribution in [0.2, 0.25) is 0 Å². The maximum atomic E-state index is 5.66. The van der Waals surface area contributed by atoms with E-state index in [0.717, 1.165) is 24.1 Å². The van der Waals surface area contributed by atoms with Crippen molar-refractivity contribution in [3.05, 3.63) is 77.4 Å². The van der Waals surface area contributed by atoms with Gasteiger partial charge in [-0.1, -0.05) is 36.4 Å². The second kappa shape index (κ2) is 8.31. The highest BCUT2D eigenvalue weighted by Gasteiger charge is 2.36. The molecule has 0 N–H and O–H groups in total. The molecule has 5 rings (SSSR count). The molecule has 0 radical (unpaired) electrons. The standard InChI is InChI=1S/C26H25NO3S/c1-28-21-14-17(15-22(29-2)25(21)30-3)26-19-13-12-16-8-4-5-9-18(16)24(19)27-20-10-6-7-11-23(20)31-26/h4-11,14-15,19,26H,12-13H2,1-3H3/t19-,26+/m0/s1. The van der Waals surface area contributed by atoms with Crippen molar-refractivity contribution in [3.63, 3.8) is 0 Å². The van der Waals surface area contributed by atoms with Gasteiger partial charge in [-0.25, -0.2) is 0 Å². The largest absolute Gasteiger partial charge is 0.493 e. The fourth-order valence-corrected chi connectivity index (χ4v) is 6.00. The Kier molecular flexibility index (Phi) is 5.36. The van der Waals surface area contributed by atoms with Gasteiger partial charge in [0.1, 0.15) is 0 Å². The first-order valence-electron chi connectivity index (χ1n) is 10.5. The van der Waals surface area contributed by atoms with Gasteiger partial charge in [-0.3, -0.25) is 4.99 Å². The van der Waals surface area contributed by atoms with E-state index in [4.69, 9.17) is 19.2 Å². The maximum Gasteiger partial charge on any atom is 0.203 e. The van der Waals surface area contributed by atoms with E-state index < -0.39 is 0 Å². The highest BCUT2D eigenvalue weighted by molar-refractivity contribution is 7.99. The van der Waals surface area contributed by atoms with Crippen LogP contribution in [0.15, 0.2) is 70.6 Å². The monoisotopic (exact) mass is 431 g/mol. The van der Waals surface area contributed by atoms with Crippen molar-refractivity contribution in [1.29, 1.82) is 0 Å². The smallest absolute Gasteiger partial charge is 0.203 e. The van der Waals surface area contributed by atoms with Crippen LogP contribution in [0.25, 0.3) is 0 Å². The molecule has 1 aliphatic carbocycles. The lowest BCUT2D eigenvalue weighted by molar-refractivity contribution is 0.323. The third kappa shape index (κ3) is 3.47. The van der Waals surface area contributed by atoms with Crippen LogP contribution in [0.3, 0.4) is 0 Å². The number of rotatable bonds is 4. The molecule has 31 heavy (non-hydrogen) atoms. The highest BCUT2D eigenvalue weighted by atomic mass is 32.2. The third-order valence-electron chi connectivity index (χ3n) is 6.11. The molecule has 0 saturated heterocycles. The van der Waals surface area contributed by atoms with Crippen LogP contribution in [0, 0.1) is 5.92 Å². The summed E-state index contributed by atoms with van der Waals surface area (Å²) in [6.45, 7) is 0. The number of ether oxygens (including phenoxy) is 3. The van der Waals surface area contributed by atoms with Gasteiger partial charge in [0.15, 0.2) is 11.5 Å².